The van der Waals surface area contributed by atoms with Crippen LogP contribution in [0.15, 0.2) is 30.3 Å². The molecule has 0 radical (unpaired) electrons. The number of carbonyl (C=O) groups is 1. The minimum atomic E-state index is -0.142. The summed E-state index contributed by atoms with van der Waals surface area (Å²) in [5, 5.41) is 0. The first-order chi connectivity index (χ1) is 16.6. The first kappa shape index (κ1) is 27.0. The Kier molecular flexibility index (Phi) is 11.7. The molecule has 1 saturated carbocycles. The van der Waals surface area contributed by atoms with E-state index in [4.69, 9.17) is 4.74 Å². The lowest BCUT2D eigenvalue weighted by molar-refractivity contribution is 0.0161. The molecule has 1 fully saturated rings. The van der Waals surface area contributed by atoms with Crippen molar-refractivity contribution in [1.82, 2.24) is 0 Å². The number of rotatable bonds is 13. The topological polar surface area (TPSA) is 26.3 Å². The van der Waals surface area contributed by atoms with Gasteiger partial charge in [-0.05, 0) is 92.4 Å². The first-order valence-electron chi connectivity index (χ1n) is 14.6. The largest absolute Gasteiger partial charge is 0.459 e. The standard InChI is InChI=1S/C32H50O2/c1-4-7-8-9-10-26-15-23-31(24-16-26)34-32(33)30-21-19-29(20-22-30)28-17-13-27(14-18-28)12-11-25(5-2)6-3/h17,19-22,25-27,31H,4-16,18,23-24H2,1-3H3/t26-,27?,31-. The zero-order valence-corrected chi connectivity index (χ0v) is 22.3. The van der Waals surface area contributed by atoms with Crippen LogP contribution in [0.1, 0.15) is 139 Å². The lowest BCUT2D eigenvalue weighted by atomic mass is 9.82. The van der Waals surface area contributed by atoms with Crippen molar-refractivity contribution >= 4 is 11.5 Å². The van der Waals surface area contributed by atoms with Crippen LogP contribution in [0.3, 0.4) is 0 Å². The second-order valence-electron chi connectivity index (χ2n) is 11.1. The molecule has 0 saturated heterocycles. The van der Waals surface area contributed by atoms with Crippen LogP contribution in [-0.2, 0) is 4.74 Å². The minimum absolute atomic E-state index is 0.108. The quantitative estimate of drug-likeness (QED) is 0.213. The van der Waals surface area contributed by atoms with Gasteiger partial charge in [0.2, 0.25) is 0 Å². The number of hydrogen-bond acceptors (Lipinski definition) is 2. The SMILES string of the molecule is CCCCCC[C@H]1CC[C@H](OC(=O)c2ccc(C3=CCC(CCC(CC)CC)CC3)cc2)CC1. The van der Waals surface area contributed by atoms with Gasteiger partial charge in [0, 0.05) is 0 Å². The number of benzene rings is 1. The van der Waals surface area contributed by atoms with E-state index in [9.17, 15) is 4.79 Å². The molecule has 1 aromatic carbocycles. The van der Waals surface area contributed by atoms with Gasteiger partial charge in [0.05, 0.1) is 5.56 Å². The van der Waals surface area contributed by atoms with E-state index in [1.165, 1.54) is 101 Å². The molecule has 0 aliphatic heterocycles. The fourth-order valence-electron chi connectivity index (χ4n) is 6.02. The maximum absolute atomic E-state index is 12.7. The maximum Gasteiger partial charge on any atom is 0.338 e. The maximum atomic E-state index is 12.7. The molecule has 1 atom stereocenters. The van der Waals surface area contributed by atoms with Crippen LogP contribution in [0.5, 0.6) is 0 Å². The van der Waals surface area contributed by atoms with Crippen molar-refractivity contribution in [2.75, 3.05) is 0 Å². The van der Waals surface area contributed by atoms with Crippen molar-refractivity contribution in [2.24, 2.45) is 17.8 Å². The summed E-state index contributed by atoms with van der Waals surface area (Å²) in [6.07, 6.45) is 22.9. The summed E-state index contributed by atoms with van der Waals surface area (Å²) in [6.45, 7) is 6.92. The molecule has 190 valence electrons. The summed E-state index contributed by atoms with van der Waals surface area (Å²) >= 11 is 0. The van der Waals surface area contributed by atoms with Crippen molar-refractivity contribution in [1.29, 1.82) is 0 Å². The van der Waals surface area contributed by atoms with Crippen LogP contribution in [0.4, 0.5) is 0 Å². The van der Waals surface area contributed by atoms with Gasteiger partial charge < -0.3 is 4.74 Å². The van der Waals surface area contributed by atoms with Gasteiger partial charge in [-0.15, -0.1) is 0 Å². The molecule has 2 heteroatoms. The predicted octanol–water partition coefficient (Wildman–Crippen LogP) is 9.77. The third-order valence-electron chi connectivity index (χ3n) is 8.68. The van der Waals surface area contributed by atoms with E-state index in [0.717, 1.165) is 30.6 Å². The van der Waals surface area contributed by atoms with Gasteiger partial charge in [-0.2, -0.15) is 0 Å². The van der Waals surface area contributed by atoms with Gasteiger partial charge >= 0.3 is 5.97 Å². The number of hydrogen-bond donors (Lipinski definition) is 0. The van der Waals surface area contributed by atoms with Crippen LogP contribution < -0.4 is 0 Å². The fourth-order valence-corrected chi connectivity index (χ4v) is 6.02. The fraction of sp³-hybridized carbons (Fsp3) is 0.719. The van der Waals surface area contributed by atoms with Gasteiger partial charge in [-0.25, -0.2) is 4.79 Å². The van der Waals surface area contributed by atoms with E-state index in [0.29, 0.717) is 5.56 Å². The second-order valence-corrected chi connectivity index (χ2v) is 11.1. The zero-order valence-electron chi connectivity index (χ0n) is 22.3. The highest BCUT2D eigenvalue weighted by Gasteiger charge is 2.24. The average Bonchev–Trinajstić information content (AvgIpc) is 2.88. The van der Waals surface area contributed by atoms with Crippen molar-refractivity contribution in [2.45, 2.75) is 130 Å². The molecule has 2 aliphatic rings. The molecule has 0 amide bonds. The minimum Gasteiger partial charge on any atom is -0.459 e. The highest BCUT2D eigenvalue weighted by atomic mass is 16.5. The monoisotopic (exact) mass is 466 g/mol. The molecule has 0 spiro atoms. The van der Waals surface area contributed by atoms with Crippen molar-refractivity contribution in [3.05, 3.63) is 41.5 Å². The molecule has 0 N–H and O–H groups in total. The van der Waals surface area contributed by atoms with Crippen LogP contribution in [0.2, 0.25) is 0 Å². The molecular formula is C32H50O2. The normalized spacial score (nSPS) is 23.1. The molecule has 0 heterocycles. The Morgan fingerprint density at radius 1 is 0.882 bits per heavy atom. The van der Waals surface area contributed by atoms with Gasteiger partial charge in [-0.3, -0.25) is 0 Å². The Morgan fingerprint density at radius 3 is 2.24 bits per heavy atom. The summed E-state index contributed by atoms with van der Waals surface area (Å²) in [6, 6.07) is 8.19. The van der Waals surface area contributed by atoms with Gasteiger partial charge in [-0.1, -0.05) is 90.3 Å². The van der Waals surface area contributed by atoms with E-state index in [1.54, 1.807) is 0 Å². The Hall–Kier alpha value is -1.57. The molecule has 2 nitrogen and oxygen atoms in total. The Bertz CT molecular complexity index is 735. The summed E-state index contributed by atoms with van der Waals surface area (Å²) in [7, 11) is 0. The predicted molar refractivity (Wildman–Crippen MR) is 145 cm³/mol. The summed E-state index contributed by atoms with van der Waals surface area (Å²) < 4.78 is 5.88. The lowest BCUT2D eigenvalue weighted by Gasteiger charge is -2.28. The average molecular weight is 467 g/mol. The Labute approximate surface area is 209 Å². The van der Waals surface area contributed by atoms with Crippen molar-refractivity contribution in [3.63, 3.8) is 0 Å². The van der Waals surface area contributed by atoms with Crippen LogP contribution in [-0.4, -0.2) is 12.1 Å². The highest BCUT2D eigenvalue weighted by molar-refractivity contribution is 5.90. The molecule has 0 aromatic heterocycles. The molecule has 0 bridgehead atoms. The smallest absolute Gasteiger partial charge is 0.338 e. The lowest BCUT2D eigenvalue weighted by Crippen LogP contribution is -2.24. The molecule has 2 aliphatic carbocycles. The van der Waals surface area contributed by atoms with Crippen LogP contribution >= 0.6 is 0 Å². The molecule has 3 rings (SSSR count). The first-order valence-corrected chi connectivity index (χ1v) is 14.6. The van der Waals surface area contributed by atoms with E-state index >= 15 is 0 Å². The number of unbranched alkanes of at least 4 members (excludes halogenated alkanes) is 3. The summed E-state index contributed by atoms with van der Waals surface area (Å²) in [5.41, 5.74) is 3.43. The molecular weight excluding hydrogens is 416 g/mol. The highest BCUT2D eigenvalue weighted by Crippen LogP contribution is 2.34. The van der Waals surface area contributed by atoms with E-state index in [2.05, 4.69) is 39.0 Å². The van der Waals surface area contributed by atoms with Crippen LogP contribution in [0.25, 0.3) is 5.57 Å². The third-order valence-corrected chi connectivity index (χ3v) is 8.68. The van der Waals surface area contributed by atoms with Gasteiger partial charge in [0.15, 0.2) is 0 Å². The number of ether oxygens (including phenoxy) is 1. The van der Waals surface area contributed by atoms with Gasteiger partial charge in [0.25, 0.3) is 0 Å². The van der Waals surface area contributed by atoms with E-state index < -0.39 is 0 Å². The van der Waals surface area contributed by atoms with Gasteiger partial charge in [0.1, 0.15) is 6.10 Å². The van der Waals surface area contributed by atoms with Crippen molar-refractivity contribution in [3.8, 4) is 0 Å². The second kappa shape index (κ2) is 14.7. The van der Waals surface area contributed by atoms with E-state index in [1.807, 2.05) is 12.1 Å². The number of carbonyl (C=O) groups excluding carboxylic acids is 1. The number of esters is 1. The molecule has 1 unspecified atom stereocenters. The Balaban J connectivity index is 1.40. The number of allylic oxidation sites excluding steroid dienone is 2. The van der Waals surface area contributed by atoms with E-state index in [-0.39, 0.29) is 12.1 Å². The summed E-state index contributed by atoms with van der Waals surface area (Å²) in [4.78, 5) is 12.7. The molecule has 1 aromatic rings. The van der Waals surface area contributed by atoms with Crippen molar-refractivity contribution < 1.29 is 9.53 Å². The summed E-state index contributed by atoms with van der Waals surface area (Å²) in [5.74, 6) is 2.46. The zero-order chi connectivity index (χ0) is 24.2. The van der Waals surface area contributed by atoms with Crippen LogP contribution in [0, 0.1) is 17.8 Å². The molecule has 34 heavy (non-hydrogen) atoms. The Morgan fingerprint density at radius 2 is 1.62 bits per heavy atom. The third kappa shape index (κ3) is 8.58.